The van der Waals surface area contributed by atoms with Gasteiger partial charge in [-0.1, -0.05) is 20.3 Å². The summed E-state index contributed by atoms with van der Waals surface area (Å²) in [5.74, 6) is 0. The van der Waals surface area contributed by atoms with E-state index >= 15 is 0 Å². The maximum Gasteiger partial charge on any atom is 0.0702 e. The predicted octanol–water partition coefficient (Wildman–Crippen LogP) is 2.66. The third-order valence-corrected chi connectivity index (χ3v) is 3.76. The van der Waals surface area contributed by atoms with Gasteiger partial charge in [0.2, 0.25) is 0 Å². The van der Waals surface area contributed by atoms with Crippen LogP contribution in [0.2, 0.25) is 0 Å². The third-order valence-electron chi connectivity index (χ3n) is 3.76. The second-order valence-corrected chi connectivity index (χ2v) is 5.36. The van der Waals surface area contributed by atoms with Gasteiger partial charge in [-0.3, -0.25) is 4.90 Å². The van der Waals surface area contributed by atoms with E-state index < -0.39 is 0 Å². The predicted molar refractivity (Wildman–Crippen MR) is 78.1 cm³/mol. The van der Waals surface area contributed by atoms with Gasteiger partial charge in [-0.05, 0) is 45.7 Å². The van der Waals surface area contributed by atoms with Crippen molar-refractivity contribution < 1.29 is 4.74 Å². The topological polar surface area (TPSA) is 24.5 Å². The fraction of sp³-hybridized carbons (Fsp3) is 1.00. The highest BCUT2D eigenvalue weighted by atomic mass is 16.5. The van der Waals surface area contributed by atoms with Gasteiger partial charge >= 0.3 is 0 Å². The fourth-order valence-corrected chi connectivity index (χ4v) is 2.86. The number of rotatable bonds is 9. The van der Waals surface area contributed by atoms with E-state index in [9.17, 15) is 0 Å². The summed E-state index contributed by atoms with van der Waals surface area (Å²) in [7, 11) is 0. The molecule has 0 aliphatic carbocycles. The first kappa shape index (κ1) is 15.9. The molecule has 0 radical (unpaired) electrons. The maximum atomic E-state index is 5.80. The Morgan fingerprint density at radius 1 is 1.28 bits per heavy atom. The van der Waals surface area contributed by atoms with Crippen molar-refractivity contribution in [3.63, 3.8) is 0 Å². The minimum absolute atomic E-state index is 0.467. The molecule has 1 fully saturated rings. The summed E-state index contributed by atoms with van der Waals surface area (Å²) in [6.07, 6.45) is 6.79. The van der Waals surface area contributed by atoms with Gasteiger partial charge in [-0.15, -0.1) is 0 Å². The summed E-state index contributed by atoms with van der Waals surface area (Å²) in [6.45, 7) is 12.1. The molecule has 0 bridgehead atoms. The van der Waals surface area contributed by atoms with E-state index in [2.05, 4.69) is 31.0 Å². The summed E-state index contributed by atoms with van der Waals surface area (Å²) >= 11 is 0. The lowest BCUT2D eigenvalue weighted by atomic mass is 10.0. The molecule has 3 heteroatoms. The van der Waals surface area contributed by atoms with Crippen molar-refractivity contribution in [1.29, 1.82) is 0 Å². The Balaban J connectivity index is 2.39. The van der Waals surface area contributed by atoms with E-state index in [1.165, 1.54) is 38.6 Å². The summed E-state index contributed by atoms with van der Waals surface area (Å²) < 4.78 is 5.80. The first-order valence-electron chi connectivity index (χ1n) is 7.88. The Kier molecular flexibility index (Phi) is 8.64. The van der Waals surface area contributed by atoms with Gasteiger partial charge in [-0.25, -0.2) is 0 Å². The fourth-order valence-electron chi connectivity index (χ4n) is 2.86. The molecule has 18 heavy (non-hydrogen) atoms. The number of hydrogen-bond acceptors (Lipinski definition) is 3. The lowest BCUT2D eigenvalue weighted by molar-refractivity contribution is -0.00839. The van der Waals surface area contributed by atoms with Crippen molar-refractivity contribution >= 4 is 0 Å². The summed E-state index contributed by atoms with van der Waals surface area (Å²) in [6, 6.07) is 0.699. The van der Waals surface area contributed by atoms with Crippen LogP contribution < -0.4 is 5.32 Å². The Morgan fingerprint density at radius 2 is 2.11 bits per heavy atom. The van der Waals surface area contributed by atoms with Crippen LogP contribution in [0.3, 0.4) is 0 Å². The van der Waals surface area contributed by atoms with Gasteiger partial charge in [0.15, 0.2) is 0 Å². The molecule has 0 aromatic heterocycles. The molecule has 2 atom stereocenters. The standard InChI is InChI=1S/C15H32N2O/c1-4-8-14(12-16-10-5-2)17-11-7-9-15(13-17)18-6-3/h14-16H,4-13H2,1-3H3. The summed E-state index contributed by atoms with van der Waals surface area (Å²) in [5, 5.41) is 3.58. The number of nitrogens with zero attached hydrogens (tertiary/aromatic N) is 1. The largest absolute Gasteiger partial charge is 0.377 e. The molecule has 1 aliphatic heterocycles. The first-order valence-corrected chi connectivity index (χ1v) is 7.88. The van der Waals surface area contributed by atoms with Crippen LogP contribution >= 0.6 is 0 Å². The highest BCUT2D eigenvalue weighted by molar-refractivity contribution is 4.81. The molecule has 0 saturated carbocycles. The SMILES string of the molecule is CCCNCC(CCC)N1CCCC(OCC)C1. The molecule has 1 rings (SSSR count). The number of piperidine rings is 1. The third kappa shape index (κ3) is 5.68. The minimum Gasteiger partial charge on any atom is -0.377 e. The van der Waals surface area contributed by atoms with Gasteiger partial charge < -0.3 is 10.1 Å². The highest BCUT2D eigenvalue weighted by Crippen LogP contribution is 2.17. The van der Waals surface area contributed by atoms with Gasteiger partial charge in [0.05, 0.1) is 6.10 Å². The van der Waals surface area contributed by atoms with Crippen molar-refractivity contribution in [1.82, 2.24) is 10.2 Å². The van der Waals surface area contributed by atoms with Crippen molar-refractivity contribution in [2.75, 3.05) is 32.8 Å². The number of ether oxygens (including phenoxy) is 1. The molecule has 1 N–H and O–H groups in total. The van der Waals surface area contributed by atoms with Gasteiger partial charge in [0.1, 0.15) is 0 Å². The molecule has 0 aromatic carbocycles. The second kappa shape index (κ2) is 9.76. The van der Waals surface area contributed by atoms with Crippen LogP contribution in [0.5, 0.6) is 0 Å². The van der Waals surface area contributed by atoms with Crippen molar-refractivity contribution in [3.8, 4) is 0 Å². The van der Waals surface area contributed by atoms with E-state index in [0.717, 1.165) is 26.2 Å². The van der Waals surface area contributed by atoms with Gasteiger partial charge in [0, 0.05) is 25.7 Å². The van der Waals surface area contributed by atoms with E-state index in [1.807, 2.05) is 0 Å². The lowest BCUT2D eigenvalue weighted by Crippen LogP contribution is -2.49. The van der Waals surface area contributed by atoms with Crippen LogP contribution in [0.4, 0.5) is 0 Å². The molecule has 1 aliphatic rings. The molecule has 1 saturated heterocycles. The van der Waals surface area contributed by atoms with E-state index in [0.29, 0.717) is 12.1 Å². The molecular formula is C15H32N2O. The molecule has 108 valence electrons. The summed E-state index contributed by atoms with van der Waals surface area (Å²) in [4.78, 5) is 2.65. The van der Waals surface area contributed by atoms with Crippen molar-refractivity contribution in [3.05, 3.63) is 0 Å². The number of likely N-dealkylation sites (tertiary alicyclic amines) is 1. The quantitative estimate of drug-likeness (QED) is 0.642. The van der Waals surface area contributed by atoms with Crippen LogP contribution in [0, 0.1) is 0 Å². The summed E-state index contributed by atoms with van der Waals surface area (Å²) in [5.41, 5.74) is 0. The van der Waals surface area contributed by atoms with E-state index in [4.69, 9.17) is 4.74 Å². The molecule has 0 amide bonds. The maximum absolute atomic E-state index is 5.80. The minimum atomic E-state index is 0.467. The van der Waals surface area contributed by atoms with Gasteiger partial charge in [0.25, 0.3) is 0 Å². The Bertz CT molecular complexity index is 195. The monoisotopic (exact) mass is 256 g/mol. The zero-order valence-corrected chi connectivity index (χ0v) is 12.6. The molecule has 0 spiro atoms. The average molecular weight is 256 g/mol. The number of nitrogens with one attached hydrogen (secondary N) is 1. The normalized spacial score (nSPS) is 23.2. The molecule has 0 aromatic rings. The zero-order valence-electron chi connectivity index (χ0n) is 12.6. The van der Waals surface area contributed by atoms with Gasteiger partial charge in [-0.2, -0.15) is 0 Å². The highest BCUT2D eigenvalue weighted by Gasteiger charge is 2.25. The van der Waals surface area contributed by atoms with Crippen molar-refractivity contribution in [2.24, 2.45) is 0 Å². The average Bonchev–Trinajstić information content (AvgIpc) is 2.39. The van der Waals surface area contributed by atoms with Crippen LogP contribution in [0.25, 0.3) is 0 Å². The van der Waals surface area contributed by atoms with Crippen LogP contribution in [-0.4, -0.2) is 49.8 Å². The molecule has 3 nitrogen and oxygen atoms in total. The second-order valence-electron chi connectivity index (χ2n) is 5.36. The Morgan fingerprint density at radius 3 is 2.78 bits per heavy atom. The molecule has 2 unspecified atom stereocenters. The van der Waals surface area contributed by atoms with E-state index in [-0.39, 0.29) is 0 Å². The lowest BCUT2D eigenvalue weighted by Gasteiger charge is -2.38. The van der Waals surface area contributed by atoms with E-state index in [1.54, 1.807) is 0 Å². The smallest absolute Gasteiger partial charge is 0.0702 e. The molecule has 1 heterocycles. The van der Waals surface area contributed by atoms with Crippen LogP contribution in [-0.2, 0) is 4.74 Å². The zero-order chi connectivity index (χ0) is 13.2. The Labute approximate surface area is 113 Å². The molecular weight excluding hydrogens is 224 g/mol. The van der Waals surface area contributed by atoms with Crippen LogP contribution in [0.15, 0.2) is 0 Å². The number of hydrogen-bond donors (Lipinski definition) is 1. The Hall–Kier alpha value is -0.120. The van der Waals surface area contributed by atoms with Crippen LogP contribution in [0.1, 0.15) is 52.9 Å². The van der Waals surface area contributed by atoms with Crippen molar-refractivity contribution in [2.45, 2.75) is 65.0 Å². The first-order chi connectivity index (χ1) is 8.81.